The van der Waals surface area contributed by atoms with Gasteiger partial charge in [-0.3, -0.25) is 4.99 Å². The zero-order valence-corrected chi connectivity index (χ0v) is 14.9. The van der Waals surface area contributed by atoms with Crippen molar-refractivity contribution in [3.05, 3.63) is 48.2 Å². The number of halogens is 1. The highest BCUT2D eigenvalue weighted by atomic mass is 32.2. The second-order valence-corrected chi connectivity index (χ2v) is 5.99. The maximum absolute atomic E-state index is 13.5. The molecule has 3 heterocycles. The lowest BCUT2D eigenvalue weighted by atomic mass is 10.1. The number of hydrogen-bond donors (Lipinski definition) is 2. The Morgan fingerprint density at radius 3 is 3.08 bits per heavy atom. The highest BCUT2D eigenvalue weighted by molar-refractivity contribution is 8.00. The topological polar surface area (TPSA) is 94.7 Å². The molecule has 0 amide bonds. The van der Waals surface area contributed by atoms with E-state index in [0.29, 0.717) is 47.8 Å². The monoisotopic (exact) mass is 375 g/mol. The first-order valence-corrected chi connectivity index (χ1v) is 8.80. The number of aromatic nitrogens is 2. The Balaban J connectivity index is 1.83. The summed E-state index contributed by atoms with van der Waals surface area (Å²) in [4.78, 5) is 13.3. The van der Waals surface area contributed by atoms with Gasteiger partial charge in [-0.15, -0.1) is 0 Å². The SMILES string of the molecule is CCOc1ncc(F)cc1SNc1cnc2c(c1)C(C=CN)=NCCO2. The molecule has 7 nitrogen and oxygen atoms in total. The van der Waals surface area contributed by atoms with Gasteiger partial charge in [-0.1, -0.05) is 0 Å². The molecular weight excluding hydrogens is 357 g/mol. The first-order chi connectivity index (χ1) is 12.7. The Morgan fingerprint density at radius 2 is 2.27 bits per heavy atom. The molecule has 2 aromatic heterocycles. The van der Waals surface area contributed by atoms with Crippen LogP contribution in [-0.4, -0.2) is 35.4 Å². The van der Waals surface area contributed by atoms with E-state index in [1.54, 1.807) is 12.3 Å². The van der Waals surface area contributed by atoms with Crippen molar-refractivity contribution in [3.8, 4) is 11.8 Å². The summed E-state index contributed by atoms with van der Waals surface area (Å²) in [6.45, 7) is 3.26. The van der Waals surface area contributed by atoms with Gasteiger partial charge in [-0.2, -0.15) is 0 Å². The molecule has 0 aliphatic carbocycles. The molecule has 0 bridgehead atoms. The maximum atomic E-state index is 13.5. The summed E-state index contributed by atoms with van der Waals surface area (Å²) < 4.78 is 27.6. The molecule has 0 saturated heterocycles. The predicted molar refractivity (Wildman–Crippen MR) is 99.3 cm³/mol. The standard InChI is InChI=1S/C17H18FN5O2S/c1-2-24-17-15(7-11(18)9-21-17)26-23-12-8-13-14(3-4-19)20-5-6-25-16(13)22-10-12/h3-4,7-10,23H,2,5-6,19H2,1H3. The number of ether oxygens (including phenoxy) is 2. The van der Waals surface area contributed by atoms with Gasteiger partial charge in [0.25, 0.3) is 0 Å². The number of anilines is 1. The molecule has 3 N–H and O–H groups in total. The van der Waals surface area contributed by atoms with Gasteiger partial charge in [0.05, 0.1) is 47.4 Å². The van der Waals surface area contributed by atoms with Gasteiger partial charge in [0.15, 0.2) is 0 Å². The van der Waals surface area contributed by atoms with Crippen LogP contribution in [0.25, 0.3) is 0 Å². The van der Waals surface area contributed by atoms with Crippen molar-refractivity contribution in [1.29, 1.82) is 0 Å². The van der Waals surface area contributed by atoms with Crippen LogP contribution in [0.4, 0.5) is 10.1 Å². The summed E-state index contributed by atoms with van der Waals surface area (Å²) in [7, 11) is 0. The Hall–Kier alpha value is -2.81. The minimum Gasteiger partial charge on any atom is -0.477 e. The van der Waals surface area contributed by atoms with Crippen LogP contribution >= 0.6 is 11.9 Å². The average Bonchev–Trinajstić information content (AvgIpc) is 2.84. The van der Waals surface area contributed by atoms with Gasteiger partial charge < -0.3 is 19.9 Å². The lowest BCUT2D eigenvalue weighted by Gasteiger charge is -2.12. The molecular formula is C17H18FN5O2S. The minimum atomic E-state index is -0.436. The van der Waals surface area contributed by atoms with E-state index in [1.165, 1.54) is 24.2 Å². The smallest absolute Gasteiger partial charge is 0.229 e. The molecule has 3 rings (SSSR count). The summed E-state index contributed by atoms with van der Waals surface area (Å²) in [5, 5.41) is 0. The number of pyridine rings is 2. The van der Waals surface area contributed by atoms with Gasteiger partial charge in [-0.25, -0.2) is 14.4 Å². The molecule has 0 unspecified atom stereocenters. The van der Waals surface area contributed by atoms with Crippen molar-refractivity contribution in [1.82, 2.24) is 9.97 Å². The molecule has 1 aliphatic rings. The van der Waals surface area contributed by atoms with Crippen molar-refractivity contribution in [2.45, 2.75) is 11.8 Å². The van der Waals surface area contributed by atoms with Crippen LogP contribution in [0.5, 0.6) is 11.8 Å². The van der Waals surface area contributed by atoms with Crippen LogP contribution in [0.3, 0.4) is 0 Å². The first-order valence-electron chi connectivity index (χ1n) is 7.98. The Bertz CT molecular complexity index is 844. The lowest BCUT2D eigenvalue weighted by molar-refractivity contribution is 0.317. The maximum Gasteiger partial charge on any atom is 0.229 e. The molecule has 1 aliphatic heterocycles. The Kier molecular flexibility index (Phi) is 5.90. The quantitative estimate of drug-likeness (QED) is 0.750. The van der Waals surface area contributed by atoms with Crippen LogP contribution in [0, 0.1) is 5.82 Å². The van der Waals surface area contributed by atoms with Gasteiger partial charge >= 0.3 is 0 Å². The molecule has 0 spiro atoms. The van der Waals surface area contributed by atoms with E-state index in [9.17, 15) is 4.39 Å². The van der Waals surface area contributed by atoms with E-state index < -0.39 is 5.82 Å². The van der Waals surface area contributed by atoms with Crippen LogP contribution < -0.4 is 19.9 Å². The zero-order chi connectivity index (χ0) is 18.4. The summed E-state index contributed by atoms with van der Waals surface area (Å²) in [5.41, 5.74) is 7.63. The lowest BCUT2D eigenvalue weighted by Crippen LogP contribution is -2.04. The molecule has 0 aromatic carbocycles. The molecule has 2 aromatic rings. The van der Waals surface area contributed by atoms with Crippen LogP contribution in [-0.2, 0) is 0 Å². The number of nitrogens with one attached hydrogen (secondary N) is 1. The summed E-state index contributed by atoms with van der Waals surface area (Å²) >= 11 is 1.18. The van der Waals surface area contributed by atoms with E-state index in [-0.39, 0.29) is 0 Å². The van der Waals surface area contributed by atoms with Gasteiger partial charge in [0.2, 0.25) is 11.8 Å². The number of hydrogen-bond acceptors (Lipinski definition) is 8. The van der Waals surface area contributed by atoms with Crippen molar-refractivity contribution >= 4 is 23.3 Å². The van der Waals surface area contributed by atoms with Gasteiger partial charge in [0.1, 0.15) is 12.4 Å². The first kappa shape index (κ1) is 18.0. The number of fused-ring (bicyclic) bond motifs is 1. The fraction of sp³-hybridized carbons (Fsp3) is 0.235. The second kappa shape index (κ2) is 8.52. The van der Waals surface area contributed by atoms with Crippen LogP contribution in [0.1, 0.15) is 12.5 Å². The summed E-state index contributed by atoms with van der Waals surface area (Å²) in [6, 6.07) is 3.21. The fourth-order valence-corrected chi connectivity index (χ4v) is 2.98. The van der Waals surface area contributed by atoms with E-state index >= 15 is 0 Å². The number of nitrogens with two attached hydrogens (primary N) is 1. The van der Waals surface area contributed by atoms with Crippen LogP contribution in [0.2, 0.25) is 0 Å². The third-order valence-electron chi connectivity index (χ3n) is 3.34. The van der Waals surface area contributed by atoms with Crippen molar-refractivity contribution in [3.63, 3.8) is 0 Å². The van der Waals surface area contributed by atoms with Crippen LogP contribution in [0.15, 0.2) is 46.7 Å². The average molecular weight is 375 g/mol. The van der Waals surface area contributed by atoms with E-state index in [2.05, 4.69) is 19.7 Å². The number of nitrogens with zero attached hydrogens (tertiary/aromatic N) is 3. The fourth-order valence-electron chi connectivity index (χ4n) is 2.27. The molecule has 26 heavy (non-hydrogen) atoms. The van der Waals surface area contributed by atoms with Gasteiger partial charge in [0, 0.05) is 0 Å². The molecule has 9 heteroatoms. The van der Waals surface area contributed by atoms with Gasteiger partial charge in [-0.05, 0) is 43.3 Å². The highest BCUT2D eigenvalue weighted by Gasteiger charge is 2.15. The Labute approximate surface area is 154 Å². The molecule has 0 atom stereocenters. The normalized spacial score (nSPS) is 13.5. The largest absolute Gasteiger partial charge is 0.477 e. The molecule has 136 valence electrons. The number of aliphatic imine (C=N–C) groups is 1. The second-order valence-electron chi connectivity index (χ2n) is 5.15. The van der Waals surface area contributed by atoms with E-state index in [0.717, 1.165) is 11.8 Å². The van der Waals surface area contributed by atoms with Crippen molar-refractivity contribution < 1.29 is 13.9 Å². The highest BCUT2D eigenvalue weighted by Crippen LogP contribution is 2.30. The molecule has 0 fully saturated rings. The molecule has 0 saturated carbocycles. The summed E-state index contributed by atoms with van der Waals surface area (Å²) in [5.74, 6) is 0.428. The zero-order valence-electron chi connectivity index (χ0n) is 14.1. The number of rotatable bonds is 6. The minimum absolute atomic E-state index is 0.366. The third-order valence-corrected chi connectivity index (χ3v) is 4.19. The predicted octanol–water partition coefficient (Wildman–Crippen LogP) is 2.79. The number of allylic oxidation sites excluding steroid dienone is 1. The summed E-state index contributed by atoms with van der Waals surface area (Å²) in [6.07, 6.45) is 5.89. The Morgan fingerprint density at radius 1 is 1.38 bits per heavy atom. The molecule has 0 radical (unpaired) electrons. The van der Waals surface area contributed by atoms with Crippen molar-refractivity contribution in [2.24, 2.45) is 10.7 Å². The van der Waals surface area contributed by atoms with Crippen molar-refractivity contribution in [2.75, 3.05) is 24.5 Å². The van der Waals surface area contributed by atoms with E-state index in [1.807, 2.05) is 13.0 Å². The van der Waals surface area contributed by atoms with E-state index in [4.69, 9.17) is 15.2 Å². The third kappa shape index (κ3) is 4.23.